The summed E-state index contributed by atoms with van der Waals surface area (Å²) in [5.74, 6) is -6.08. The third-order valence-corrected chi connectivity index (χ3v) is 16.3. The van der Waals surface area contributed by atoms with Gasteiger partial charge in [0.25, 0.3) is 11.8 Å². The van der Waals surface area contributed by atoms with Crippen LogP contribution in [0.25, 0.3) is 39.3 Å². The standard InChI is InChI=1S/C64H88N12O15/c1-12-41-35(2)45-32-49-42(14-16-53(80)90-30-29-89-28-27-88-26-23-77)36(3)44(70-49)31-46-37(4)43(56(71-46)55-57-54(38(5)47(72-57)33-48(41)69-45)61(84)76(62(55)85)20-19-75-21-24-87-25-22-75)13-15-52(79)74(11)18-17-66-60(83)50(34-51(65)78)73-59(82)39(6)67-58(81)40(7)68-63(86)91-64(8,9)10/h14,16,31-33,37,39-40,43,50,70,72,77H,12-13,15,17-30,34H2,1-11H3,(H2,65,78)(H,66,83)(H,67,81)(H,68,86)(H,73,82)/b16-14+,44-31?,45-32?,46-31?,47-33?,48-33?,49-32?,56-55?/t37-,39-,40-,43-,50-/m0/s1. The van der Waals surface area contributed by atoms with Crippen molar-refractivity contribution in [2.24, 2.45) is 5.73 Å². The lowest BCUT2D eigenvalue weighted by Crippen LogP contribution is -2.56. The van der Waals surface area contributed by atoms with Crippen molar-refractivity contribution < 1.29 is 71.9 Å². The van der Waals surface area contributed by atoms with Crippen molar-refractivity contribution in [1.82, 2.24) is 55.9 Å². The number of esters is 1. The Kier molecular flexibility index (Phi) is 24.3. The van der Waals surface area contributed by atoms with Crippen LogP contribution in [-0.2, 0) is 52.5 Å². The number of alkyl carbamates (subject to hydrolysis) is 1. The fourth-order valence-corrected chi connectivity index (χ4v) is 11.1. The first-order chi connectivity index (χ1) is 43.2. The number of amides is 8. The lowest BCUT2D eigenvalue weighted by Gasteiger charge is -2.31. The number of nitrogens with one attached hydrogen (secondary N) is 6. The van der Waals surface area contributed by atoms with E-state index in [1.807, 2.05) is 52.8 Å². The molecule has 4 aliphatic rings. The second-order valence-corrected chi connectivity index (χ2v) is 24.0. The number of ether oxygens (including phenoxy) is 5. The summed E-state index contributed by atoms with van der Waals surface area (Å²) in [6.45, 7) is 21.0. The molecule has 0 radical (unpaired) electrons. The number of carbonyl (C=O) groups excluding carboxylic acids is 9. The number of nitrogens with zero attached hydrogens (tertiary/aromatic N) is 5. The number of allylic oxidation sites excluding steroid dienone is 2. The number of likely N-dealkylation sites (N-methyl/N-ethyl adjacent to an activating group) is 1. The Hall–Kier alpha value is -8.37. The number of carbonyl (C=O) groups is 9. The molecule has 1 fully saturated rings. The maximum absolute atomic E-state index is 15.4. The highest BCUT2D eigenvalue weighted by molar-refractivity contribution is 6.23. The Labute approximate surface area is 528 Å². The predicted molar refractivity (Wildman–Crippen MR) is 338 cm³/mol. The molecule has 1 saturated heterocycles. The van der Waals surface area contributed by atoms with Gasteiger partial charge >= 0.3 is 12.1 Å². The first kappa shape index (κ1) is 70.1. The molecule has 8 bridgehead atoms. The highest BCUT2D eigenvalue weighted by Gasteiger charge is 2.41. The predicted octanol–water partition coefficient (Wildman–Crippen LogP) is 3.80. The molecule has 91 heavy (non-hydrogen) atoms. The van der Waals surface area contributed by atoms with Gasteiger partial charge in [0.1, 0.15) is 30.3 Å². The van der Waals surface area contributed by atoms with Gasteiger partial charge in [-0.1, -0.05) is 13.8 Å². The summed E-state index contributed by atoms with van der Waals surface area (Å²) in [6, 6.07) is 1.97. The monoisotopic (exact) mass is 1260 g/mol. The Bertz CT molecular complexity index is 3490. The first-order valence-electron chi connectivity index (χ1n) is 30.9. The van der Waals surface area contributed by atoms with Gasteiger partial charge in [0.05, 0.1) is 86.4 Å². The van der Waals surface area contributed by atoms with E-state index in [0.717, 1.165) is 16.7 Å². The largest absolute Gasteiger partial charge is 0.460 e. The summed E-state index contributed by atoms with van der Waals surface area (Å²) < 4.78 is 26.9. The topological polar surface area (TPSA) is 361 Å². The van der Waals surface area contributed by atoms with E-state index in [1.165, 1.54) is 29.7 Å². The SMILES string of the molecule is CCC1=C(C)c2cc3[nH]c(cc4nc(c5c6[nH]c(cc1n2)c(C)c6C(=O)N(CCN1CCOCC1)C5=O)[C@@H](CCC(=O)N(C)CCNC(=O)[C@H](CC(N)=O)NC(=O)[C@H](C)NC(=O)[C@H](C)NC(=O)OC(C)(C)C)[C@@H]4C)c(C)c3/C=C/C(=O)OCCOCCOCCO. The lowest BCUT2D eigenvalue weighted by molar-refractivity contribution is -0.139. The van der Waals surface area contributed by atoms with Crippen LogP contribution in [0.4, 0.5) is 4.79 Å². The van der Waals surface area contributed by atoms with Gasteiger partial charge in [0, 0.05) is 98.5 Å². The number of aliphatic hydroxyl groups excluding tert-OH is 1. The third kappa shape index (κ3) is 18.0. The number of imide groups is 1. The van der Waals surface area contributed by atoms with Gasteiger partial charge in [0.15, 0.2) is 0 Å². The Morgan fingerprint density at radius 3 is 2.16 bits per heavy atom. The molecule has 494 valence electrons. The number of nitrogens with two attached hydrogens (primary N) is 1. The second-order valence-electron chi connectivity index (χ2n) is 24.0. The lowest BCUT2D eigenvalue weighted by atomic mass is 9.84. The number of aryl methyl sites for hydroxylation is 2. The summed E-state index contributed by atoms with van der Waals surface area (Å²) in [4.78, 5) is 144. The van der Waals surface area contributed by atoms with Crippen molar-refractivity contribution in [3.63, 3.8) is 0 Å². The average molecular weight is 1270 g/mol. The fraction of sp³-hybridized carbons (Fsp3) is 0.547. The number of primary amides is 1. The molecule has 8 amide bonds. The summed E-state index contributed by atoms with van der Waals surface area (Å²) in [6.07, 6.45) is 2.37. The minimum absolute atomic E-state index is 0.000172. The third-order valence-electron chi connectivity index (χ3n) is 16.3. The highest BCUT2D eigenvalue weighted by atomic mass is 16.6. The minimum Gasteiger partial charge on any atom is -0.460 e. The van der Waals surface area contributed by atoms with Gasteiger partial charge in [-0.15, -0.1) is 0 Å². The Morgan fingerprint density at radius 1 is 0.835 bits per heavy atom. The number of H-pyrrole nitrogens is 2. The number of aliphatic hydroxyl groups is 1. The molecule has 0 spiro atoms. The van der Waals surface area contributed by atoms with Crippen molar-refractivity contribution in [3.05, 3.63) is 74.9 Å². The van der Waals surface area contributed by atoms with Crippen LogP contribution in [0.15, 0.2) is 24.3 Å². The number of hydrogen-bond donors (Lipinski definition) is 8. The molecule has 3 aromatic rings. The number of aromatic nitrogens is 4. The van der Waals surface area contributed by atoms with E-state index in [-0.39, 0.29) is 83.6 Å². The zero-order valence-electron chi connectivity index (χ0n) is 54.0. The van der Waals surface area contributed by atoms with Gasteiger partial charge in [-0.05, 0) is 115 Å². The summed E-state index contributed by atoms with van der Waals surface area (Å²) in [5, 5.41) is 18.9. The van der Waals surface area contributed by atoms with Gasteiger partial charge < -0.3 is 70.7 Å². The van der Waals surface area contributed by atoms with E-state index < -0.39 is 89.5 Å². The smallest absolute Gasteiger partial charge is 0.408 e. The number of morpholine rings is 1. The molecule has 7 heterocycles. The van der Waals surface area contributed by atoms with Crippen molar-refractivity contribution in [2.75, 3.05) is 99.2 Å². The molecule has 27 heteroatoms. The van der Waals surface area contributed by atoms with Crippen LogP contribution in [0.3, 0.4) is 0 Å². The van der Waals surface area contributed by atoms with Crippen LogP contribution in [0.5, 0.6) is 0 Å². The molecular weight excluding hydrogens is 1180 g/mol. The van der Waals surface area contributed by atoms with E-state index in [2.05, 4.69) is 36.1 Å². The van der Waals surface area contributed by atoms with Gasteiger partial charge in [0.2, 0.25) is 29.5 Å². The molecule has 7 rings (SSSR count). The normalized spacial score (nSPS) is 16.9. The second kappa shape index (κ2) is 31.6. The Morgan fingerprint density at radius 2 is 1.48 bits per heavy atom. The maximum atomic E-state index is 15.4. The quantitative estimate of drug-likeness (QED) is 0.0222. The summed E-state index contributed by atoms with van der Waals surface area (Å²) in [5.41, 5.74) is 13.7. The van der Waals surface area contributed by atoms with Crippen molar-refractivity contribution in [2.45, 2.75) is 130 Å². The molecular formula is C64H88N12O15. The van der Waals surface area contributed by atoms with Crippen LogP contribution < -0.4 is 27.0 Å². The van der Waals surface area contributed by atoms with E-state index in [4.69, 9.17) is 44.5 Å². The zero-order chi connectivity index (χ0) is 66.4. The minimum atomic E-state index is -1.45. The van der Waals surface area contributed by atoms with Crippen LogP contribution in [-0.4, -0.2) is 216 Å². The molecule has 0 aromatic carbocycles. The van der Waals surface area contributed by atoms with Gasteiger partial charge in [-0.3, -0.25) is 48.3 Å². The molecule has 3 aromatic heterocycles. The number of aromatic amines is 2. The van der Waals surface area contributed by atoms with Crippen LogP contribution in [0.1, 0.15) is 153 Å². The van der Waals surface area contributed by atoms with E-state index >= 15 is 4.79 Å². The Balaban J connectivity index is 1.18. The first-order valence-corrected chi connectivity index (χ1v) is 30.9. The molecule has 4 aliphatic heterocycles. The van der Waals surface area contributed by atoms with Gasteiger partial charge in [-0.25, -0.2) is 14.6 Å². The van der Waals surface area contributed by atoms with Crippen LogP contribution >= 0.6 is 0 Å². The fourth-order valence-electron chi connectivity index (χ4n) is 11.1. The zero-order valence-corrected chi connectivity index (χ0v) is 54.0. The van der Waals surface area contributed by atoms with E-state index in [0.29, 0.717) is 101 Å². The molecule has 9 N–H and O–H groups in total. The van der Waals surface area contributed by atoms with Crippen molar-refractivity contribution in [3.8, 4) is 0 Å². The molecule has 0 saturated carbocycles. The molecule has 0 aliphatic carbocycles. The van der Waals surface area contributed by atoms with Crippen LogP contribution in [0, 0.1) is 13.8 Å². The molecule has 5 atom stereocenters. The number of hydrogen-bond acceptors (Lipinski definition) is 18. The van der Waals surface area contributed by atoms with Crippen molar-refractivity contribution in [1.29, 1.82) is 0 Å². The number of rotatable bonds is 28. The van der Waals surface area contributed by atoms with E-state index in [1.54, 1.807) is 33.9 Å². The highest BCUT2D eigenvalue weighted by Crippen LogP contribution is 2.44. The average Bonchev–Trinajstić information content (AvgIpc) is 1.61. The summed E-state index contributed by atoms with van der Waals surface area (Å²) >= 11 is 0. The number of fused-ring (bicyclic) bond motifs is 8. The van der Waals surface area contributed by atoms with Gasteiger partial charge in [-0.2, -0.15) is 0 Å². The summed E-state index contributed by atoms with van der Waals surface area (Å²) in [7, 11) is 1.56. The molecule has 27 nitrogen and oxygen atoms in total. The maximum Gasteiger partial charge on any atom is 0.408 e. The van der Waals surface area contributed by atoms with Crippen LogP contribution in [0.2, 0.25) is 0 Å². The molecule has 0 unspecified atom stereocenters. The van der Waals surface area contributed by atoms with E-state index in [9.17, 15) is 38.4 Å². The van der Waals surface area contributed by atoms with Crippen molar-refractivity contribution >= 4 is 92.7 Å².